The molecule has 12 heavy (non-hydrogen) atoms. The second-order valence-corrected chi connectivity index (χ2v) is 3.94. The Morgan fingerprint density at radius 3 is 2.75 bits per heavy atom. The maximum atomic E-state index is 3.36. The Kier molecular flexibility index (Phi) is 4.02. The molecule has 2 nitrogen and oxygen atoms in total. The van der Waals surface area contributed by atoms with E-state index in [1.165, 1.54) is 25.9 Å². The summed E-state index contributed by atoms with van der Waals surface area (Å²) in [6.07, 6.45) is 2.75. The van der Waals surface area contributed by atoms with Crippen molar-refractivity contribution < 1.29 is 0 Å². The zero-order valence-corrected chi connectivity index (χ0v) is 8.64. The van der Waals surface area contributed by atoms with E-state index in [0.717, 1.165) is 18.5 Å². The fourth-order valence-corrected chi connectivity index (χ4v) is 1.91. The van der Waals surface area contributed by atoms with E-state index in [4.69, 9.17) is 0 Å². The molecule has 1 heterocycles. The van der Waals surface area contributed by atoms with Crippen molar-refractivity contribution in [3.05, 3.63) is 0 Å². The van der Waals surface area contributed by atoms with Crippen LogP contribution >= 0.6 is 0 Å². The number of nitrogens with one attached hydrogen (secondary N) is 1. The van der Waals surface area contributed by atoms with Crippen LogP contribution in [-0.4, -0.2) is 37.6 Å². The normalized spacial score (nSPS) is 30.2. The second kappa shape index (κ2) is 4.83. The standard InChI is InChI=1S/C10H22N2/c1-4-11-7-5-6-10-8-12(3)9(10)2/h9-11H,4-8H2,1-3H3. The van der Waals surface area contributed by atoms with E-state index in [1.54, 1.807) is 0 Å². The zero-order valence-electron chi connectivity index (χ0n) is 8.64. The first-order valence-corrected chi connectivity index (χ1v) is 5.16. The number of likely N-dealkylation sites (tertiary alicyclic amines) is 1. The molecule has 0 spiro atoms. The Balaban J connectivity index is 1.95. The number of rotatable bonds is 5. The Bertz CT molecular complexity index is 125. The van der Waals surface area contributed by atoms with Gasteiger partial charge in [-0.25, -0.2) is 0 Å². The fraction of sp³-hybridized carbons (Fsp3) is 1.00. The SMILES string of the molecule is CCNCCCC1CN(C)C1C. The van der Waals surface area contributed by atoms with E-state index in [-0.39, 0.29) is 0 Å². The summed E-state index contributed by atoms with van der Waals surface area (Å²) in [6, 6.07) is 0.826. The maximum Gasteiger partial charge on any atom is 0.0104 e. The molecule has 1 saturated heterocycles. The highest BCUT2D eigenvalue weighted by Gasteiger charge is 2.31. The molecule has 1 fully saturated rings. The predicted molar refractivity (Wildman–Crippen MR) is 53.4 cm³/mol. The first-order valence-electron chi connectivity index (χ1n) is 5.16. The van der Waals surface area contributed by atoms with E-state index in [2.05, 4.69) is 31.1 Å². The molecule has 0 amide bonds. The average Bonchev–Trinajstić information content (AvgIpc) is 2.10. The summed E-state index contributed by atoms with van der Waals surface area (Å²) in [5.41, 5.74) is 0. The van der Waals surface area contributed by atoms with Crippen LogP contribution in [0.5, 0.6) is 0 Å². The van der Waals surface area contributed by atoms with E-state index in [1.807, 2.05) is 0 Å². The summed E-state index contributed by atoms with van der Waals surface area (Å²) in [5, 5.41) is 3.36. The highest BCUT2D eigenvalue weighted by molar-refractivity contribution is 4.85. The second-order valence-electron chi connectivity index (χ2n) is 3.94. The molecule has 1 rings (SSSR count). The van der Waals surface area contributed by atoms with Crippen LogP contribution in [-0.2, 0) is 0 Å². The minimum atomic E-state index is 0.826. The van der Waals surface area contributed by atoms with Crippen molar-refractivity contribution in [2.24, 2.45) is 5.92 Å². The summed E-state index contributed by atoms with van der Waals surface area (Å²) >= 11 is 0. The summed E-state index contributed by atoms with van der Waals surface area (Å²) < 4.78 is 0. The van der Waals surface area contributed by atoms with Crippen molar-refractivity contribution in [2.45, 2.75) is 32.7 Å². The molecular weight excluding hydrogens is 148 g/mol. The molecule has 0 saturated carbocycles. The third kappa shape index (κ3) is 2.46. The van der Waals surface area contributed by atoms with E-state index >= 15 is 0 Å². The summed E-state index contributed by atoms with van der Waals surface area (Å²) in [5.74, 6) is 0.966. The first kappa shape index (κ1) is 10.0. The van der Waals surface area contributed by atoms with Gasteiger partial charge in [-0.3, -0.25) is 0 Å². The van der Waals surface area contributed by atoms with Crippen LogP contribution in [0.1, 0.15) is 26.7 Å². The molecule has 2 atom stereocenters. The topological polar surface area (TPSA) is 15.3 Å². The van der Waals surface area contributed by atoms with E-state index in [9.17, 15) is 0 Å². The van der Waals surface area contributed by atoms with Gasteiger partial charge < -0.3 is 10.2 Å². The molecule has 2 heteroatoms. The van der Waals surface area contributed by atoms with Gasteiger partial charge >= 0.3 is 0 Å². The molecule has 0 aromatic carbocycles. The average molecular weight is 170 g/mol. The lowest BCUT2D eigenvalue weighted by molar-refractivity contribution is 0.0481. The zero-order chi connectivity index (χ0) is 8.97. The summed E-state index contributed by atoms with van der Waals surface area (Å²) in [7, 11) is 2.21. The largest absolute Gasteiger partial charge is 0.317 e. The van der Waals surface area contributed by atoms with Crippen molar-refractivity contribution in [1.29, 1.82) is 0 Å². The van der Waals surface area contributed by atoms with Gasteiger partial charge in [-0.2, -0.15) is 0 Å². The van der Waals surface area contributed by atoms with Gasteiger partial charge in [0.1, 0.15) is 0 Å². The predicted octanol–water partition coefficient (Wildman–Crippen LogP) is 1.33. The Labute approximate surface area is 76.3 Å². The molecule has 0 aromatic rings. The van der Waals surface area contributed by atoms with Gasteiger partial charge in [0, 0.05) is 12.6 Å². The van der Waals surface area contributed by atoms with Gasteiger partial charge in [0.05, 0.1) is 0 Å². The molecule has 1 aliphatic rings. The van der Waals surface area contributed by atoms with Gasteiger partial charge in [-0.15, -0.1) is 0 Å². The number of hydrogen-bond acceptors (Lipinski definition) is 2. The quantitative estimate of drug-likeness (QED) is 0.626. The van der Waals surface area contributed by atoms with Crippen molar-refractivity contribution >= 4 is 0 Å². The molecule has 0 aliphatic carbocycles. The monoisotopic (exact) mass is 170 g/mol. The molecule has 72 valence electrons. The van der Waals surface area contributed by atoms with E-state index in [0.29, 0.717) is 0 Å². The van der Waals surface area contributed by atoms with Gasteiger partial charge in [0.15, 0.2) is 0 Å². The highest BCUT2D eigenvalue weighted by atomic mass is 15.2. The summed E-state index contributed by atoms with van der Waals surface area (Å²) in [4.78, 5) is 2.43. The Morgan fingerprint density at radius 1 is 1.50 bits per heavy atom. The number of nitrogens with zero attached hydrogens (tertiary/aromatic N) is 1. The molecule has 0 bridgehead atoms. The van der Waals surface area contributed by atoms with Crippen LogP contribution < -0.4 is 5.32 Å². The number of hydrogen-bond donors (Lipinski definition) is 1. The molecule has 2 unspecified atom stereocenters. The lowest BCUT2D eigenvalue weighted by Crippen LogP contribution is -2.51. The van der Waals surface area contributed by atoms with Crippen LogP contribution in [0.4, 0.5) is 0 Å². The lowest BCUT2D eigenvalue weighted by Gasteiger charge is -2.44. The molecule has 1 N–H and O–H groups in total. The molecule has 0 radical (unpaired) electrons. The van der Waals surface area contributed by atoms with Crippen LogP contribution in [0.25, 0.3) is 0 Å². The van der Waals surface area contributed by atoms with Crippen LogP contribution in [0.15, 0.2) is 0 Å². The minimum absolute atomic E-state index is 0.826. The fourth-order valence-electron chi connectivity index (χ4n) is 1.91. The van der Waals surface area contributed by atoms with Crippen molar-refractivity contribution in [2.75, 3.05) is 26.7 Å². The molecular formula is C10H22N2. The first-order chi connectivity index (χ1) is 5.75. The van der Waals surface area contributed by atoms with Gasteiger partial charge in [0.25, 0.3) is 0 Å². The third-order valence-corrected chi connectivity index (χ3v) is 3.08. The van der Waals surface area contributed by atoms with Crippen LogP contribution in [0.2, 0.25) is 0 Å². The van der Waals surface area contributed by atoms with Gasteiger partial charge in [0.2, 0.25) is 0 Å². The minimum Gasteiger partial charge on any atom is -0.317 e. The van der Waals surface area contributed by atoms with Gasteiger partial charge in [-0.05, 0) is 45.8 Å². The smallest absolute Gasteiger partial charge is 0.0104 e. The lowest BCUT2D eigenvalue weighted by atomic mass is 9.87. The van der Waals surface area contributed by atoms with Crippen molar-refractivity contribution in [1.82, 2.24) is 10.2 Å². The Morgan fingerprint density at radius 2 is 2.25 bits per heavy atom. The Hall–Kier alpha value is -0.0800. The molecule has 0 aromatic heterocycles. The third-order valence-electron chi connectivity index (χ3n) is 3.08. The van der Waals surface area contributed by atoms with Gasteiger partial charge in [-0.1, -0.05) is 6.92 Å². The maximum absolute atomic E-state index is 3.36. The van der Waals surface area contributed by atoms with Crippen molar-refractivity contribution in [3.8, 4) is 0 Å². The van der Waals surface area contributed by atoms with Crippen molar-refractivity contribution in [3.63, 3.8) is 0 Å². The molecule has 1 aliphatic heterocycles. The van der Waals surface area contributed by atoms with Crippen LogP contribution in [0.3, 0.4) is 0 Å². The highest BCUT2D eigenvalue weighted by Crippen LogP contribution is 2.26. The summed E-state index contributed by atoms with van der Waals surface area (Å²) in [6.45, 7) is 8.12. The van der Waals surface area contributed by atoms with E-state index < -0.39 is 0 Å². The van der Waals surface area contributed by atoms with Crippen LogP contribution in [0, 0.1) is 5.92 Å².